The largest absolute Gasteiger partial charge is 0.432 e. The number of unbranched alkanes of at least 4 members (excludes halogenated alkanes) is 2. The molecule has 2 saturated carbocycles. The Bertz CT molecular complexity index is 1240. The van der Waals surface area contributed by atoms with E-state index in [2.05, 4.69) is 6.92 Å². The van der Waals surface area contributed by atoms with Gasteiger partial charge in [0.1, 0.15) is 23.5 Å². The second-order valence-electron chi connectivity index (χ2n) is 12.8. The number of nitriles is 1. The zero-order chi connectivity index (χ0) is 30.4. The molecule has 2 aromatic carbocycles. The third kappa shape index (κ3) is 7.91. The molecule has 4 nitrogen and oxygen atoms in total. The molecule has 5 rings (SSSR count). The van der Waals surface area contributed by atoms with Gasteiger partial charge in [0, 0.05) is 17.9 Å². The van der Waals surface area contributed by atoms with Crippen LogP contribution in [0.25, 0.3) is 0 Å². The lowest BCUT2D eigenvalue weighted by Gasteiger charge is -2.38. The summed E-state index contributed by atoms with van der Waals surface area (Å²) in [5, 5.41) is 8.84. The van der Waals surface area contributed by atoms with Crippen molar-refractivity contribution < 1.29 is 31.8 Å². The van der Waals surface area contributed by atoms with Gasteiger partial charge in [-0.2, -0.15) is 14.0 Å². The Morgan fingerprint density at radius 3 is 2.19 bits per heavy atom. The zero-order valence-corrected chi connectivity index (χ0v) is 25.0. The summed E-state index contributed by atoms with van der Waals surface area (Å²) in [4.78, 5) is 0. The van der Waals surface area contributed by atoms with Gasteiger partial charge < -0.3 is 14.2 Å². The minimum Gasteiger partial charge on any atom is -0.432 e. The highest BCUT2D eigenvalue weighted by molar-refractivity contribution is 5.36. The van der Waals surface area contributed by atoms with E-state index in [0.29, 0.717) is 36.2 Å². The molecule has 3 fully saturated rings. The van der Waals surface area contributed by atoms with Crippen molar-refractivity contribution in [3.8, 4) is 11.8 Å². The molecule has 0 atom stereocenters. The Morgan fingerprint density at radius 1 is 0.860 bits per heavy atom. The molecule has 1 heterocycles. The maximum Gasteiger partial charge on any atom is 0.400 e. The summed E-state index contributed by atoms with van der Waals surface area (Å²) in [6, 6.07) is 10.3. The molecule has 43 heavy (non-hydrogen) atoms. The smallest absolute Gasteiger partial charge is 0.400 e. The maximum atomic E-state index is 15.4. The Hall–Kier alpha value is -2.63. The van der Waals surface area contributed by atoms with E-state index >= 15 is 4.39 Å². The lowest BCUT2D eigenvalue weighted by molar-refractivity contribution is -0.229. The lowest BCUT2D eigenvalue weighted by atomic mass is 9.76. The van der Waals surface area contributed by atoms with Crippen molar-refractivity contribution in [1.29, 1.82) is 5.26 Å². The first kappa shape index (κ1) is 31.8. The summed E-state index contributed by atoms with van der Waals surface area (Å²) < 4.78 is 76.1. The van der Waals surface area contributed by atoms with Gasteiger partial charge in [0.15, 0.2) is 6.29 Å². The molecule has 0 unspecified atom stereocenters. The summed E-state index contributed by atoms with van der Waals surface area (Å²) in [6.07, 6.45) is 6.38. The molecule has 0 N–H and O–H groups in total. The van der Waals surface area contributed by atoms with E-state index in [1.54, 1.807) is 12.1 Å². The number of hydrogen-bond donors (Lipinski definition) is 0. The second-order valence-corrected chi connectivity index (χ2v) is 12.8. The van der Waals surface area contributed by atoms with Crippen molar-refractivity contribution in [2.24, 2.45) is 17.8 Å². The average molecular weight is 602 g/mol. The van der Waals surface area contributed by atoms with Crippen molar-refractivity contribution in [2.45, 2.75) is 108 Å². The molecule has 0 radical (unpaired) electrons. The van der Waals surface area contributed by atoms with Gasteiger partial charge in [0.05, 0.1) is 24.7 Å². The van der Waals surface area contributed by atoms with Gasteiger partial charge >= 0.3 is 6.11 Å². The van der Waals surface area contributed by atoms with E-state index in [1.165, 1.54) is 31.7 Å². The van der Waals surface area contributed by atoms with Gasteiger partial charge in [-0.25, -0.2) is 8.78 Å². The van der Waals surface area contributed by atoms with Gasteiger partial charge in [0.2, 0.25) is 0 Å². The molecule has 1 aliphatic heterocycles. The van der Waals surface area contributed by atoms with Gasteiger partial charge in [-0.1, -0.05) is 38.3 Å². The Kier molecular flexibility index (Phi) is 10.7. The summed E-state index contributed by atoms with van der Waals surface area (Å²) in [5.74, 6) is -1.48. The number of nitrogens with zero attached hydrogens (tertiary/aromatic N) is 1. The number of rotatable bonds is 10. The summed E-state index contributed by atoms with van der Waals surface area (Å²) in [6.45, 7) is 3.78. The van der Waals surface area contributed by atoms with E-state index in [1.807, 2.05) is 12.1 Å². The van der Waals surface area contributed by atoms with Crippen LogP contribution in [0, 0.1) is 40.7 Å². The lowest BCUT2D eigenvalue weighted by Crippen LogP contribution is -2.38. The summed E-state index contributed by atoms with van der Waals surface area (Å²) >= 11 is 0. The van der Waals surface area contributed by atoms with Crippen molar-refractivity contribution in [3.63, 3.8) is 0 Å². The van der Waals surface area contributed by atoms with Crippen molar-refractivity contribution in [1.82, 2.24) is 0 Å². The predicted octanol–water partition coefficient (Wildman–Crippen LogP) is 9.63. The quantitative estimate of drug-likeness (QED) is 0.201. The molecule has 2 aliphatic carbocycles. The fourth-order valence-electron chi connectivity index (χ4n) is 7.16. The molecule has 2 aromatic rings. The number of alkyl halides is 2. The van der Waals surface area contributed by atoms with Crippen molar-refractivity contribution >= 4 is 0 Å². The zero-order valence-electron chi connectivity index (χ0n) is 25.0. The van der Waals surface area contributed by atoms with Gasteiger partial charge in [-0.05, 0) is 98.9 Å². The highest BCUT2D eigenvalue weighted by Crippen LogP contribution is 2.45. The Morgan fingerprint density at radius 2 is 1.56 bits per heavy atom. The molecule has 8 heteroatoms. The molecule has 234 valence electrons. The van der Waals surface area contributed by atoms with E-state index in [-0.39, 0.29) is 42.2 Å². The van der Waals surface area contributed by atoms with Gasteiger partial charge in [0.25, 0.3) is 0 Å². The Labute approximate surface area is 252 Å². The molecule has 1 saturated heterocycles. The van der Waals surface area contributed by atoms with Crippen LogP contribution < -0.4 is 4.74 Å². The number of halogens is 4. The molecule has 0 amide bonds. The van der Waals surface area contributed by atoms with Crippen LogP contribution in [0.4, 0.5) is 17.6 Å². The molecular formula is C35H43F4NO3. The van der Waals surface area contributed by atoms with E-state index in [0.717, 1.165) is 56.6 Å². The van der Waals surface area contributed by atoms with Crippen LogP contribution in [0.2, 0.25) is 0 Å². The average Bonchev–Trinajstić information content (AvgIpc) is 3.02. The van der Waals surface area contributed by atoms with Gasteiger partial charge in [-0.3, -0.25) is 0 Å². The molecule has 0 spiro atoms. The standard InChI is InChI=1S/C35H43F4NO3/c1-2-3-4-5-23-21-41-34(42-22-23)26-8-6-24(7-9-26)27-13-17-31(33(37)18-27)25-10-14-29(15-11-25)35(38,39)43-30-16-12-28(20-40)32(36)19-30/h12-13,16-19,23-26,29,34H,2-11,14-15,21-22H2,1H3. The molecule has 3 aliphatic rings. The maximum absolute atomic E-state index is 15.4. The number of ether oxygens (including phenoxy) is 3. The highest BCUT2D eigenvalue weighted by Gasteiger charge is 2.44. The SMILES string of the molecule is CCCCCC1COC(C2CCC(c3ccc(C4CCC(C(F)(F)Oc5ccc(C#N)c(F)c5)CC4)c(F)c3)CC2)OC1. The first-order chi connectivity index (χ1) is 20.8. The first-order valence-electron chi connectivity index (χ1n) is 16.1. The topological polar surface area (TPSA) is 51.5 Å². The van der Waals surface area contributed by atoms with Crippen LogP contribution in [0.1, 0.15) is 112 Å². The van der Waals surface area contributed by atoms with Crippen LogP contribution in [0.15, 0.2) is 36.4 Å². The third-order valence-electron chi connectivity index (χ3n) is 9.82. The number of hydrogen-bond acceptors (Lipinski definition) is 4. The normalized spacial score (nSPS) is 28.3. The van der Waals surface area contributed by atoms with Crippen LogP contribution in [0.5, 0.6) is 5.75 Å². The predicted molar refractivity (Wildman–Crippen MR) is 156 cm³/mol. The van der Waals surface area contributed by atoms with Crippen LogP contribution in [0.3, 0.4) is 0 Å². The fourth-order valence-corrected chi connectivity index (χ4v) is 7.16. The Balaban J connectivity index is 1.09. The molecule has 0 aromatic heterocycles. The van der Waals surface area contributed by atoms with Gasteiger partial charge in [-0.15, -0.1) is 0 Å². The van der Waals surface area contributed by atoms with Crippen molar-refractivity contribution in [3.05, 3.63) is 64.7 Å². The summed E-state index contributed by atoms with van der Waals surface area (Å²) in [5.41, 5.74) is 1.36. The second kappa shape index (κ2) is 14.4. The van der Waals surface area contributed by atoms with Crippen LogP contribution in [-0.4, -0.2) is 25.6 Å². The minimum atomic E-state index is -3.49. The van der Waals surface area contributed by atoms with Crippen LogP contribution >= 0.6 is 0 Å². The minimum absolute atomic E-state index is 0.124. The number of benzene rings is 2. The summed E-state index contributed by atoms with van der Waals surface area (Å²) in [7, 11) is 0. The molecular weight excluding hydrogens is 558 g/mol. The first-order valence-corrected chi connectivity index (χ1v) is 16.1. The fraction of sp³-hybridized carbons (Fsp3) is 0.629. The van der Waals surface area contributed by atoms with Crippen LogP contribution in [-0.2, 0) is 9.47 Å². The van der Waals surface area contributed by atoms with E-state index in [9.17, 15) is 13.2 Å². The highest BCUT2D eigenvalue weighted by atomic mass is 19.3. The molecule has 0 bridgehead atoms. The van der Waals surface area contributed by atoms with E-state index < -0.39 is 17.8 Å². The van der Waals surface area contributed by atoms with E-state index in [4.69, 9.17) is 19.5 Å². The third-order valence-corrected chi connectivity index (χ3v) is 9.82. The van der Waals surface area contributed by atoms with Crippen molar-refractivity contribution in [2.75, 3.05) is 13.2 Å². The monoisotopic (exact) mass is 601 g/mol.